The van der Waals surface area contributed by atoms with E-state index in [1.165, 1.54) is 0 Å². The first-order valence-electron chi connectivity index (χ1n) is 4.52. The molecule has 0 aliphatic rings. The van der Waals surface area contributed by atoms with E-state index in [9.17, 15) is 4.79 Å². The molecule has 0 fully saturated rings. The van der Waals surface area contributed by atoms with Gasteiger partial charge in [0.2, 0.25) is 0 Å². The number of nitrogens with zero attached hydrogens (tertiary/aromatic N) is 2. The first-order chi connectivity index (χ1) is 6.65. The molecule has 0 aliphatic heterocycles. The summed E-state index contributed by atoms with van der Waals surface area (Å²) >= 11 is 5.63. The number of carboxylic acids is 1. The SMILES string of the molecule is CCCc1nccn1CC(Cl)C(=O)O. The van der Waals surface area contributed by atoms with Gasteiger partial charge in [0, 0.05) is 18.8 Å². The first kappa shape index (κ1) is 11.0. The smallest absolute Gasteiger partial charge is 0.323 e. The number of hydrogen-bond donors (Lipinski definition) is 1. The Balaban J connectivity index is 2.66. The number of aromatic nitrogens is 2. The van der Waals surface area contributed by atoms with Gasteiger partial charge in [-0.25, -0.2) is 4.98 Å². The standard InChI is InChI=1S/C9H13ClN2O2/c1-2-3-8-11-4-5-12(8)6-7(10)9(13)14/h4-5,7H,2-3,6H2,1H3,(H,13,14). The lowest BCUT2D eigenvalue weighted by Gasteiger charge is -2.08. The third-order valence-corrected chi connectivity index (χ3v) is 2.22. The summed E-state index contributed by atoms with van der Waals surface area (Å²) in [5.41, 5.74) is 0. The van der Waals surface area contributed by atoms with E-state index in [1.54, 1.807) is 17.0 Å². The van der Waals surface area contributed by atoms with Crippen LogP contribution in [0.1, 0.15) is 19.2 Å². The van der Waals surface area contributed by atoms with E-state index in [4.69, 9.17) is 16.7 Å². The van der Waals surface area contributed by atoms with Gasteiger partial charge in [-0.2, -0.15) is 0 Å². The molecule has 0 saturated heterocycles. The molecule has 1 aromatic heterocycles. The maximum atomic E-state index is 10.5. The Kier molecular flexibility index (Phi) is 3.95. The molecule has 1 N–H and O–H groups in total. The fraction of sp³-hybridized carbons (Fsp3) is 0.556. The lowest BCUT2D eigenvalue weighted by molar-refractivity contribution is -0.136. The number of rotatable bonds is 5. The maximum absolute atomic E-state index is 10.5. The number of aryl methyl sites for hydroxylation is 1. The van der Waals surface area contributed by atoms with E-state index in [-0.39, 0.29) is 6.54 Å². The molecule has 78 valence electrons. The number of carboxylic acid groups (broad SMARTS) is 1. The summed E-state index contributed by atoms with van der Waals surface area (Å²) in [6.07, 6.45) is 5.24. The van der Waals surface area contributed by atoms with Gasteiger partial charge < -0.3 is 9.67 Å². The van der Waals surface area contributed by atoms with Crippen molar-refractivity contribution in [3.8, 4) is 0 Å². The van der Waals surface area contributed by atoms with Crippen LogP contribution in [0.2, 0.25) is 0 Å². The van der Waals surface area contributed by atoms with Gasteiger partial charge in [0.15, 0.2) is 0 Å². The Morgan fingerprint density at radius 3 is 3.07 bits per heavy atom. The van der Waals surface area contributed by atoms with Crippen molar-refractivity contribution in [1.29, 1.82) is 0 Å². The van der Waals surface area contributed by atoms with Crippen molar-refractivity contribution in [2.24, 2.45) is 0 Å². The summed E-state index contributed by atoms with van der Waals surface area (Å²) in [4.78, 5) is 14.7. The molecule has 14 heavy (non-hydrogen) atoms. The van der Waals surface area contributed by atoms with Crippen molar-refractivity contribution in [3.63, 3.8) is 0 Å². The topological polar surface area (TPSA) is 55.1 Å². The zero-order chi connectivity index (χ0) is 10.6. The summed E-state index contributed by atoms with van der Waals surface area (Å²) in [6.45, 7) is 2.32. The number of aliphatic carboxylic acids is 1. The molecular formula is C9H13ClN2O2. The molecule has 0 spiro atoms. The van der Waals surface area contributed by atoms with Crippen molar-refractivity contribution in [3.05, 3.63) is 18.2 Å². The minimum Gasteiger partial charge on any atom is -0.480 e. The lowest BCUT2D eigenvalue weighted by atomic mass is 10.3. The molecule has 0 radical (unpaired) electrons. The molecule has 1 rings (SSSR count). The van der Waals surface area contributed by atoms with Gasteiger partial charge in [0.25, 0.3) is 0 Å². The summed E-state index contributed by atoms with van der Waals surface area (Å²) in [5, 5.41) is 7.75. The second-order valence-corrected chi connectivity index (χ2v) is 3.58. The summed E-state index contributed by atoms with van der Waals surface area (Å²) in [5.74, 6) is -0.109. The predicted molar refractivity (Wildman–Crippen MR) is 53.5 cm³/mol. The second kappa shape index (κ2) is 5.00. The van der Waals surface area contributed by atoms with Crippen molar-refractivity contribution in [2.45, 2.75) is 31.7 Å². The van der Waals surface area contributed by atoms with Gasteiger partial charge in [-0.05, 0) is 6.42 Å². The fourth-order valence-corrected chi connectivity index (χ4v) is 1.36. The van der Waals surface area contributed by atoms with Crippen LogP contribution in [0.4, 0.5) is 0 Å². The molecule has 1 heterocycles. The van der Waals surface area contributed by atoms with Crippen LogP contribution in [0, 0.1) is 0 Å². The number of alkyl halides is 1. The molecule has 0 aromatic carbocycles. The molecular weight excluding hydrogens is 204 g/mol. The number of carbonyl (C=O) groups is 1. The van der Waals surface area contributed by atoms with Gasteiger partial charge in [-0.15, -0.1) is 11.6 Å². The molecule has 0 aliphatic carbocycles. The van der Waals surface area contributed by atoms with Crippen LogP contribution in [-0.2, 0) is 17.8 Å². The zero-order valence-corrected chi connectivity index (χ0v) is 8.74. The van der Waals surface area contributed by atoms with Crippen LogP contribution >= 0.6 is 11.6 Å². The van der Waals surface area contributed by atoms with E-state index >= 15 is 0 Å². The van der Waals surface area contributed by atoms with Crippen LogP contribution in [0.15, 0.2) is 12.4 Å². The fourth-order valence-electron chi connectivity index (χ4n) is 1.21. The quantitative estimate of drug-likeness (QED) is 0.760. The molecule has 1 aromatic rings. The lowest BCUT2D eigenvalue weighted by Crippen LogP contribution is -2.21. The average Bonchev–Trinajstić information content (AvgIpc) is 2.53. The Bertz CT molecular complexity index is 312. The van der Waals surface area contributed by atoms with Crippen LogP contribution < -0.4 is 0 Å². The van der Waals surface area contributed by atoms with Gasteiger partial charge in [-0.3, -0.25) is 4.79 Å². The second-order valence-electron chi connectivity index (χ2n) is 3.05. The van der Waals surface area contributed by atoms with E-state index in [0.717, 1.165) is 18.7 Å². The Labute approximate surface area is 87.5 Å². The highest BCUT2D eigenvalue weighted by Gasteiger charge is 2.15. The highest BCUT2D eigenvalue weighted by atomic mass is 35.5. The van der Waals surface area contributed by atoms with Crippen LogP contribution in [0.25, 0.3) is 0 Å². The molecule has 1 unspecified atom stereocenters. The van der Waals surface area contributed by atoms with Crippen LogP contribution in [0.3, 0.4) is 0 Å². The number of imidazole rings is 1. The normalized spacial score (nSPS) is 12.7. The Hall–Kier alpha value is -1.03. The Morgan fingerprint density at radius 2 is 2.50 bits per heavy atom. The van der Waals surface area contributed by atoms with E-state index in [1.807, 2.05) is 6.92 Å². The monoisotopic (exact) mass is 216 g/mol. The van der Waals surface area contributed by atoms with Crippen molar-refractivity contribution >= 4 is 17.6 Å². The van der Waals surface area contributed by atoms with Gasteiger partial charge in [0.1, 0.15) is 11.2 Å². The highest BCUT2D eigenvalue weighted by molar-refractivity contribution is 6.29. The van der Waals surface area contributed by atoms with Gasteiger partial charge in [-0.1, -0.05) is 6.92 Å². The summed E-state index contributed by atoms with van der Waals surface area (Å²) in [6, 6.07) is 0. The van der Waals surface area contributed by atoms with Crippen molar-refractivity contribution < 1.29 is 9.90 Å². The van der Waals surface area contributed by atoms with Crippen molar-refractivity contribution in [2.75, 3.05) is 0 Å². The largest absolute Gasteiger partial charge is 0.480 e. The number of halogens is 1. The minimum absolute atomic E-state index is 0.270. The van der Waals surface area contributed by atoms with Crippen molar-refractivity contribution in [1.82, 2.24) is 9.55 Å². The molecule has 1 atom stereocenters. The summed E-state index contributed by atoms with van der Waals surface area (Å²) < 4.78 is 1.79. The molecule has 0 amide bonds. The highest BCUT2D eigenvalue weighted by Crippen LogP contribution is 2.06. The minimum atomic E-state index is -0.997. The molecule has 0 saturated carbocycles. The van der Waals surface area contributed by atoms with E-state index < -0.39 is 11.3 Å². The third kappa shape index (κ3) is 2.73. The Morgan fingerprint density at radius 1 is 1.79 bits per heavy atom. The molecule has 4 nitrogen and oxygen atoms in total. The van der Waals surface area contributed by atoms with Crippen LogP contribution in [0.5, 0.6) is 0 Å². The van der Waals surface area contributed by atoms with E-state index in [0.29, 0.717) is 0 Å². The summed E-state index contributed by atoms with van der Waals surface area (Å²) in [7, 11) is 0. The van der Waals surface area contributed by atoms with E-state index in [2.05, 4.69) is 4.98 Å². The third-order valence-electron chi connectivity index (χ3n) is 1.90. The molecule has 5 heteroatoms. The van der Waals surface area contributed by atoms with Gasteiger partial charge >= 0.3 is 5.97 Å². The molecule has 0 bridgehead atoms. The predicted octanol–water partition coefficient (Wildman–Crippen LogP) is 1.53. The van der Waals surface area contributed by atoms with Crippen LogP contribution in [-0.4, -0.2) is 26.0 Å². The average molecular weight is 217 g/mol. The first-order valence-corrected chi connectivity index (χ1v) is 4.95. The number of hydrogen-bond acceptors (Lipinski definition) is 2. The maximum Gasteiger partial charge on any atom is 0.323 e. The van der Waals surface area contributed by atoms with Gasteiger partial charge in [0.05, 0.1) is 6.54 Å². The zero-order valence-electron chi connectivity index (χ0n) is 7.98.